The van der Waals surface area contributed by atoms with Crippen molar-refractivity contribution >= 4 is 22.6 Å². The van der Waals surface area contributed by atoms with E-state index in [2.05, 4.69) is 52.0 Å². The van der Waals surface area contributed by atoms with Gasteiger partial charge in [0, 0.05) is 32.4 Å². The Morgan fingerprint density at radius 3 is 2.78 bits per heavy atom. The lowest BCUT2D eigenvalue weighted by molar-refractivity contribution is -0.119. The zero-order valence-corrected chi connectivity index (χ0v) is 16.5. The third kappa shape index (κ3) is 3.02. The minimum absolute atomic E-state index is 0.0691. The SMILES string of the molecule is Cc1nc2ccc(C(C)NC3CC(C)N(c4cnn(C)c4)C3=O)cc2n1C. The molecule has 1 aromatic carbocycles. The molecule has 7 nitrogen and oxygen atoms in total. The van der Waals surface area contributed by atoms with Crippen molar-refractivity contribution in [1.82, 2.24) is 24.6 Å². The summed E-state index contributed by atoms with van der Waals surface area (Å²) in [6.07, 6.45) is 4.42. The van der Waals surface area contributed by atoms with Crippen LogP contribution < -0.4 is 10.2 Å². The summed E-state index contributed by atoms with van der Waals surface area (Å²) in [7, 11) is 3.89. The highest BCUT2D eigenvalue weighted by atomic mass is 16.2. The molecule has 3 unspecified atom stereocenters. The zero-order chi connectivity index (χ0) is 19.3. The number of aromatic nitrogens is 4. The summed E-state index contributed by atoms with van der Waals surface area (Å²) in [5.41, 5.74) is 4.13. The van der Waals surface area contributed by atoms with Gasteiger partial charge in [-0.2, -0.15) is 5.10 Å². The van der Waals surface area contributed by atoms with Crippen molar-refractivity contribution in [2.45, 2.75) is 45.3 Å². The molecule has 0 bridgehead atoms. The van der Waals surface area contributed by atoms with Gasteiger partial charge in [-0.25, -0.2) is 4.98 Å². The standard InChI is InChI=1S/C20H26N6O/c1-12-8-18(20(27)26(12)16-10-21-24(4)11-16)22-13(2)15-6-7-17-19(9-15)25(5)14(3)23-17/h6-7,9-13,18,22H,8H2,1-5H3. The topological polar surface area (TPSA) is 68.0 Å². The molecule has 1 amide bonds. The maximum absolute atomic E-state index is 13.0. The van der Waals surface area contributed by atoms with E-state index >= 15 is 0 Å². The molecular formula is C20H26N6O. The quantitative estimate of drug-likeness (QED) is 0.770. The summed E-state index contributed by atoms with van der Waals surface area (Å²) < 4.78 is 3.82. The fourth-order valence-corrected chi connectivity index (χ4v) is 3.98. The molecule has 0 radical (unpaired) electrons. The van der Waals surface area contributed by atoms with Gasteiger partial charge in [-0.3, -0.25) is 14.8 Å². The number of hydrogen-bond acceptors (Lipinski definition) is 4. The van der Waals surface area contributed by atoms with Gasteiger partial charge in [0.05, 0.1) is 29.0 Å². The molecule has 3 heterocycles. The van der Waals surface area contributed by atoms with Crippen LogP contribution in [-0.2, 0) is 18.9 Å². The predicted molar refractivity (Wildman–Crippen MR) is 106 cm³/mol. The molecule has 1 fully saturated rings. The first-order chi connectivity index (χ1) is 12.8. The molecule has 142 valence electrons. The van der Waals surface area contributed by atoms with E-state index in [1.165, 1.54) is 0 Å². The van der Waals surface area contributed by atoms with Gasteiger partial charge in [-0.15, -0.1) is 0 Å². The second-order valence-electron chi connectivity index (χ2n) is 7.57. The first-order valence-corrected chi connectivity index (χ1v) is 9.36. The fourth-order valence-electron chi connectivity index (χ4n) is 3.98. The Bertz CT molecular complexity index is 1000. The van der Waals surface area contributed by atoms with Crippen molar-refractivity contribution in [2.75, 3.05) is 4.90 Å². The molecule has 0 saturated carbocycles. The Morgan fingerprint density at radius 1 is 1.30 bits per heavy atom. The number of carbonyl (C=O) groups is 1. The summed E-state index contributed by atoms with van der Waals surface area (Å²) >= 11 is 0. The van der Waals surface area contributed by atoms with Crippen LogP contribution in [0.5, 0.6) is 0 Å². The van der Waals surface area contributed by atoms with E-state index < -0.39 is 0 Å². The highest BCUT2D eigenvalue weighted by molar-refractivity contribution is 6.00. The molecule has 2 aromatic heterocycles. The Kier molecular flexibility index (Phi) is 4.26. The molecule has 1 N–H and O–H groups in total. The Labute approximate surface area is 159 Å². The number of benzene rings is 1. The third-order valence-electron chi connectivity index (χ3n) is 5.60. The van der Waals surface area contributed by atoms with Crippen LogP contribution in [-0.4, -0.2) is 37.3 Å². The van der Waals surface area contributed by atoms with E-state index in [-0.39, 0.29) is 24.0 Å². The first-order valence-electron chi connectivity index (χ1n) is 9.36. The van der Waals surface area contributed by atoms with Crippen LogP contribution in [0.1, 0.15) is 37.7 Å². The highest BCUT2D eigenvalue weighted by Crippen LogP contribution is 2.28. The van der Waals surface area contributed by atoms with E-state index in [9.17, 15) is 4.79 Å². The van der Waals surface area contributed by atoms with Crippen molar-refractivity contribution in [3.05, 3.63) is 42.0 Å². The average Bonchev–Trinajstić information content (AvgIpc) is 3.25. The van der Waals surface area contributed by atoms with Gasteiger partial charge in [0.1, 0.15) is 5.82 Å². The van der Waals surface area contributed by atoms with E-state index in [1.807, 2.05) is 32.1 Å². The molecule has 0 aliphatic carbocycles. The molecular weight excluding hydrogens is 340 g/mol. The second-order valence-corrected chi connectivity index (χ2v) is 7.57. The molecule has 4 rings (SSSR count). The lowest BCUT2D eigenvalue weighted by Crippen LogP contribution is -2.40. The Morgan fingerprint density at radius 2 is 2.07 bits per heavy atom. The van der Waals surface area contributed by atoms with Crippen LogP contribution in [0.4, 0.5) is 5.69 Å². The monoisotopic (exact) mass is 366 g/mol. The van der Waals surface area contributed by atoms with Crippen molar-refractivity contribution < 1.29 is 4.79 Å². The van der Waals surface area contributed by atoms with Gasteiger partial charge in [-0.05, 0) is 44.9 Å². The molecule has 1 aliphatic rings. The van der Waals surface area contributed by atoms with Gasteiger partial charge >= 0.3 is 0 Å². The van der Waals surface area contributed by atoms with Gasteiger partial charge in [0.2, 0.25) is 5.91 Å². The van der Waals surface area contributed by atoms with Gasteiger partial charge < -0.3 is 9.47 Å². The summed E-state index contributed by atoms with van der Waals surface area (Å²) in [5.74, 6) is 1.11. The van der Waals surface area contributed by atoms with Crippen molar-refractivity contribution in [1.29, 1.82) is 0 Å². The smallest absolute Gasteiger partial charge is 0.244 e. The summed E-state index contributed by atoms with van der Waals surface area (Å²) in [4.78, 5) is 19.4. The number of nitrogens with zero attached hydrogens (tertiary/aromatic N) is 5. The second kappa shape index (κ2) is 6.49. The molecule has 3 atom stereocenters. The van der Waals surface area contributed by atoms with Gasteiger partial charge in [-0.1, -0.05) is 6.07 Å². The molecule has 1 saturated heterocycles. The number of carbonyl (C=O) groups excluding carboxylic acids is 1. The fraction of sp³-hybridized carbons (Fsp3) is 0.450. The largest absolute Gasteiger partial charge is 0.331 e. The number of aryl methyl sites for hydroxylation is 3. The minimum atomic E-state index is -0.195. The lowest BCUT2D eigenvalue weighted by atomic mass is 10.1. The van der Waals surface area contributed by atoms with Crippen LogP contribution in [0.2, 0.25) is 0 Å². The summed E-state index contributed by atoms with van der Waals surface area (Å²) in [5, 5.41) is 7.72. The lowest BCUT2D eigenvalue weighted by Gasteiger charge is -2.21. The predicted octanol–water partition coefficient (Wildman–Crippen LogP) is 2.46. The van der Waals surface area contributed by atoms with Crippen LogP contribution in [0.3, 0.4) is 0 Å². The third-order valence-corrected chi connectivity index (χ3v) is 5.60. The van der Waals surface area contributed by atoms with E-state index in [0.29, 0.717) is 0 Å². The van der Waals surface area contributed by atoms with Gasteiger partial charge in [0.25, 0.3) is 0 Å². The van der Waals surface area contributed by atoms with Crippen LogP contribution in [0, 0.1) is 6.92 Å². The Hall–Kier alpha value is -2.67. The van der Waals surface area contributed by atoms with E-state index in [0.717, 1.165) is 34.5 Å². The van der Waals surface area contributed by atoms with Crippen molar-refractivity contribution in [3.8, 4) is 0 Å². The number of imidazole rings is 1. The van der Waals surface area contributed by atoms with Crippen LogP contribution >= 0.6 is 0 Å². The molecule has 1 aliphatic heterocycles. The minimum Gasteiger partial charge on any atom is -0.331 e. The zero-order valence-electron chi connectivity index (χ0n) is 16.5. The molecule has 0 spiro atoms. The molecule has 7 heteroatoms. The van der Waals surface area contributed by atoms with Crippen LogP contribution in [0.25, 0.3) is 11.0 Å². The maximum Gasteiger partial charge on any atom is 0.244 e. The maximum atomic E-state index is 13.0. The number of amides is 1. The van der Waals surface area contributed by atoms with E-state index in [1.54, 1.807) is 10.9 Å². The van der Waals surface area contributed by atoms with Crippen molar-refractivity contribution in [2.24, 2.45) is 14.1 Å². The molecule has 3 aromatic rings. The normalized spacial score (nSPS) is 21.4. The van der Waals surface area contributed by atoms with Gasteiger partial charge in [0.15, 0.2) is 0 Å². The summed E-state index contributed by atoms with van der Waals surface area (Å²) in [6, 6.07) is 6.33. The number of rotatable bonds is 4. The number of fused-ring (bicyclic) bond motifs is 1. The number of anilines is 1. The average molecular weight is 366 g/mol. The van der Waals surface area contributed by atoms with E-state index in [4.69, 9.17) is 0 Å². The first kappa shape index (κ1) is 17.7. The van der Waals surface area contributed by atoms with Crippen LogP contribution in [0.15, 0.2) is 30.6 Å². The summed E-state index contributed by atoms with van der Waals surface area (Å²) in [6.45, 7) is 6.20. The van der Waals surface area contributed by atoms with Crippen molar-refractivity contribution in [3.63, 3.8) is 0 Å². The number of nitrogens with one attached hydrogen (secondary N) is 1. The highest BCUT2D eigenvalue weighted by Gasteiger charge is 2.39. The number of hydrogen-bond donors (Lipinski definition) is 1. The molecule has 27 heavy (non-hydrogen) atoms. The Balaban J connectivity index is 1.53.